The van der Waals surface area contributed by atoms with Crippen molar-refractivity contribution in [2.75, 3.05) is 13.3 Å². The molecular weight excluding hydrogens is 392 g/mol. The topological polar surface area (TPSA) is 60.4 Å². The second-order valence-electron chi connectivity index (χ2n) is 7.54. The van der Waals surface area contributed by atoms with Crippen molar-refractivity contribution >= 4 is 23.2 Å². The number of ether oxygens (including phenoxy) is 2. The Kier molecular flexibility index (Phi) is 5.62. The SMILES string of the molecule is CC(C)C(=O)N(Cc1cccc(Cl)c1)CC1CC(c2ccc3c(c2)OCO3)=NO1. The molecule has 0 fully saturated rings. The third-order valence-electron chi connectivity index (χ3n) is 4.93. The van der Waals surface area contributed by atoms with Gasteiger partial charge in [0, 0.05) is 29.5 Å². The van der Waals surface area contributed by atoms with Crippen LogP contribution in [0.2, 0.25) is 5.02 Å². The van der Waals surface area contributed by atoms with E-state index in [1.165, 1.54) is 0 Å². The first kappa shape index (κ1) is 19.6. The molecule has 29 heavy (non-hydrogen) atoms. The highest BCUT2D eigenvalue weighted by molar-refractivity contribution is 6.30. The number of halogens is 1. The van der Waals surface area contributed by atoms with E-state index in [0.717, 1.165) is 22.6 Å². The molecule has 2 aromatic rings. The number of hydrogen-bond donors (Lipinski definition) is 0. The zero-order valence-electron chi connectivity index (χ0n) is 16.4. The molecule has 7 heteroatoms. The first-order valence-electron chi connectivity index (χ1n) is 9.65. The van der Waals surface area contributed by atoms with E-state index in [9.17, 15) is 4.79 Å². The second kappa shape index (κ2) is 8.33. The van der Waals surface area contributed by atoms with E-state index in [4.69, 9.17) is 25.9 Å². The minimum Gasteiger partial charge on any atom is -0.454 e. The summed E-state index contributed by atoms with van der Waals surface area (Å²) in [7, 11) is 0. The number of fused-ring (bicyclic) bond motifs is 1. The van der Waals surface area contributed by atoms with Crippen LogP contribution in [0.3, 0.4) is 0 Å². The van der Waals surface area contributed by atoms with E-state index < -0.39 is 0 Å². The lowest BCUT2D eigenvalue weighted by Gasteiger charge is -2.26. The smallest absolute Gasteiger partial charge is 0.231 e. The molecule has 0 aliphatic carbocycles. The van der Waals surface area contributed by atoms with Crippen molar-refractivity contribution in [3.05, 3.63) is 58.6 Å². The first-order chi connectivity index (χ1) is 14.0. The monoisotopic (exact) mass is 414 g/mol. The quantitative estimate of drug-likeness (QED) is 0.709. The average molecular weight is 415 g/mol. The minimum absolute atomic E-state index is 0.0742. The van der Waals surface area contributed by atoms with Crippen LogP contribution in [0.15, 0.2) is 47.6 Å². The van der Waals surface area contributed by atoms with Crippen molar-refractivity contribution in [2.45, 2.75) is 32.9 Å². The van der Waals surface area contributed by atoms with Gasteiger partial charge in [0.05, 0.1) is 12.3 Å². The number of carbonyl (C=O) groups is 1. The van der Waals surface area contributed by atoms with Crippen LogP contribution < -0.4 is 9.47 Å². The summed E-state index contributed by atoms with van der Waals surface area (Å²) < 4.78 is 10.8. The highest BCUT2D eigenvalue weighted by Gasteiger charge is 2.28. The summed E-state index contributed by atoms with van der Waals surface area (Å²) in [6.07, 6.45) is 0.425. The van der Waals surface area contributed by atoms with Gasteiger partial charge >= 0.3 is 0 Å². The summed E-state index contributed by atoms with van der Waals surface area (Å²) >= 11 is 6.10. The van der Waals surface area contributed by atoms with Crippen LogP contribution >= 0.6 is 11.6 Å². The Bertz CT molecular complexity index is 944. The molecule has 1 amide bonds. The maximum absolute atomic E-state index is 12.8. The van der Waals surface area contributed by atoms with Gasteiger partial charge in [0.2, 0.25) is 12.7 Å². The predicted molar refractivity (Wildman–Crippen MR) is 110 cm³/mol. The van der Waals surface area contributed by atoms with E-state index in [1.807, 2.05) is 61.2 Å². The molecule has 2 aromatic carbocycles. The Morgan fingerprint density at radius 2 is 2.03 bits per heavy atom. The summed E-state index contributed by atoms with van der Waals surface area (Å²) in [6.45, 7) is 4.98. The van der Waals surface area contributed by atoms with Crippen LogP contribution in [0, 0.1) is 5.92 Å². The number of benzene rings is 2. The number of rotatable bonds is 6. The van der Waals surface area contributed by atoms with Crippen LogP contribution in [-0.2, 0) is 16.2 Å². The summed E-state index contributed by atoms with van der Waals surface area (Å²) in [4.78, 5) is 20.2. The lowest BCUT2D eigenvalue weighted by Crippen LogP contribution is -2.39. The van der Waals surface area contributed by atoms with Gasteiger partial charge in [-0.15, -0.1) is 0 Å². The molecule has 0 saturated heterocycles. The van der Waals surface area contributed by atoms with Gasteiger partial charge < -0.3 is 19.2 Å². The molecule has 1 atom stereocenters. The van der Waals surface area contributed by atoms with Crippen LogP contribution in [0.4, 0.5) is 0 Å². The molecule has 6 nitrogen and oxygen atoms in total. The molecule has 152 valence electrons. The highest BCUT2D eigenvalue weighted by Crippen LogP contribution is 2.33. The van der Waals surface area contributed by atoms with Crippen LogP contribution in [0.25, 0.3) is 0 Å². The Balaban J connectivity index is 1.44. The van der Waals surface area contributed by atoms with Crippen molar-refractivity contribution in [1.82, 2.24) is 4.90 Å². The van der Waals surface area contributed by atoms with Gasteiger partial charge in [0.1, 0.15) is 0 Å². The number of amides is 1. The molecule has 2 aliphatic rings. The van der Waals surface area contributed by atoms with Crippen LogP contribution in [0.1, 0.15) is 31.4 Å². The second-order valence-corrected chi connectivity index (χ2v) is 7.98. The van der Waals surface area contributed by atoms with E-state index in [-0.39, 0.29) is 24.7 Å². The standard InChI is InChI=1S/C22H23ClN2O4/c1-14(2)22(26)25(11-15-4-3-5-17(23)8-15)12-18-10-19(24-29-18)16-6-7-20-21(9-16)28-13-27-20/h3-9,14,18H,10-13H2,1-2H3. The van der Waals surface area contributed by atoms with Gasteiger partial charge in [-0.1, -0.05) is 42.7 Å². The minimum atomic E-state index is -0.197. The summed E-state index contributed by atoms with van der Waals surface area (Å²) in [5, 5.41) is 4.91. The lowest BCUT2D eigenvalue weighted by atomic mass is 10.0. The fraction of sp³-hybridized carbons (Fsp3) is 0.364. The van der Waals surface area contributed by atoms with Crippen LogP contribution in [-0.4, -0.2) is 36.0 Å². The van der Waals surface area contributed by atoms with Crippen molar-refractivity contribution in [2.24, 2.45) is 11.1 Å². The molecule has 4 rings (SSSR count). The van der Waals surface area contributed by atoms with Crippen molar-refractivity contribution < 1.29 is 19.1 Å². The Labute approximate surface area is 175 Å². The largest absolute Gasteiger partial charge is 0.454 e. The van der Waals surface area contributed by atoms with Crippen molar-refractivity contribution in [3.63, 3.8) is 0 Å². The molecule has 0 spiro atoms. The summed E-state index contributed by atoms with van der Waals surface area (Å²) in [6, 6.07) is 13.3. The molecule has 0 saturated carbocycles. The zero-order chi connectivity index (χ0) is 20.4. The maximum Gasteiger partial charge on any atom is 0.231 e. The zero-order valence-corrected chi connectivity index (χ0v) is 17.2. The van der Waals surface area contributed by atoms with Crippen molar-refractivity contribution in [3.8, 4) is 11.5 Å². The molecular formula is C22H23ClN2O4. The van der Waals surface area contributed by atoms with Gasteiger partial charge in [0.25, 0.3) is 0 Å². The predicted octanol–water partition coefficient (Wildman–Crippen LogP) is 4.25. The molecule has 0 bridgehead atoms. The van der Waals surface area contributed by atoms with E-state index >= 15 is 0 Å². The van der Waals surface area contributed by atoms with E-state index in [0.29, 0.717) is 30.3 Å². The fourth-order valence-electron chi connectivity index (χ4n) is 3.47. The number of carbonyl (C=O) groups excluding carboxylic acids is 1. The third kappa shape index (κ3) is 4.48. The highest BCUT2D eigenvalue weighted by atomic mass is 35.5. The van der Waals surface area contributed by atoms with E-state index in [1.54, 1.807) is 0 Å². The van der Waals surface area contributed by atoms with E-state index in [2.05, 4.69) is 5.16 Å². The first-order valence-corrected chi connectivity index (χ1v) is 10.0. The van der Waals surface area contributed by atoms with Crippen LogP contribution in [0.5, 0.6) is 11.5 Å². The average Bonchev–Trinajstić information content (AvgIpc) is 3.35. The van der Waals surface area contributed by atoms with Gasteiger partial charge in [-0.3, -0.25) is 4.79 Å². The fourth-order valence-corrected chi connectivity index (χ4v) is 3.68. The van der Waals surface area contributed by atoms with Gasteiger partial charge in [-0.05, 0) is 35.9 Å². The van der Waals surface area contributed by atoms with Gasteiger partial charge in [-0.25, -0.2) is 0 Å². The van der Waals surface area contributed by atoms with Gasteiger partial charge in [0.15, 0.2) is 17.6 Å². The Hall–Kier alpha value is -2.73. The molecule has 0 aromatic heterocycles. The number of nitrogens with zero attached hydrogens (tertiary/aromatic N) is 2. The molecule has 0 radical (unpaired) electrons. The molecule has 2 heterocycles. The summed E-state index contributed by atoms with van der Waals surface area (Å²) in [5.74, 6) is 1.42. The molecule has 2 aliphatic heterocycles. The third-order valence-corrected chi connectivity index (χ3v) is 5.17. The normalized spacial score (nSPS) is 17.2. The number of oxime groups is 1. The summed E-state index contributed by atoms with van der Waals surface area (Å²) in [5.41, 5.74) is 2.77. The maximum atomic E-state index is 12.8. The Morgan fingerprint density at radius 3 is 2.83 bits per heavy atom. The lowest BCUT2D eigenvalue weighted by molar-refractivity contribution is -0.136. The van der Waals surface area contributed by atoms with Gasteiger partial charge in [-0.2, -0.15) is 0 Å². The van der Waals surface area contributed by atoms with Crippen molar-refractivity contribution in [1.29, 1.82) is 0 Å². The molecule has 1 unspecified atom stereocenters. The number of hydrogen-bond acceptors (Lipinski definition) is 5. The Morgan fingerprint density at radius 1 is 1.21 bits per heavy atom. The molecule has 0 N–H and O–H groups in total.